The van der Waals surface area contributed by atoms with Gasteiger partial charge in [-0.15, -0.1) is 0 Å². The van der Waals surface area contributed by atoms with Gasteiger partial charge in [-0.3, -0.25) is 14.9 Å². The topological polar surface area (TPSA) is 96.6 Å². The van der Waals surface area contributed by atoms with Gasteiger partial charge < -0.3 is 9.52 Å². The number of carboxylic acids is 1. The molecule has 0 aliphatic carbocycles. The minimum absolute atomic E-state index is 0.158. The fourth-order valence-electron chi connectivity index (χ4n) is 1.94. The van der Waals surface area contributed by atoms with Crippen molar-refractivity contribution >= 4 is 35.0 Å². The molecule has 0 unspecified atom stereocenters. The van der Waals surface area contributed by atoms with E-state index in [9.17, 15) is 14.4 Å². The summed E-state index contributed by atoms with van der Waals surface area (Å²) in [5.41, 5.74) is 0.772. The fraction of sp³-hybridized carbons (Fsp3) is 0. The predicted octanol–water partition coefficient (Wildman–Crippen LogP) is 2.97. The maximum atomic E-state index is 11.5. The summed E-state index contributed by atoms with van der Waals surface area (Å²) < 4.78 is 5.58. The molecule has 1 aliphatic heterocycles. The number of aromatic carboxylic acids is 1. The van der Waals surface area contributed by atoms with Gasteiger partial charge >= 0.3 is 5.97 Å². The number of carboxylic acid groups (broad SMARTS) is 1. The molecule has 2 heterocycles. The third kappa shape index (κ3) is 2.79. The van der Waals surface area contributed by atoms with Gasteiger partial charge in [0.1, 0.15) is 11.5 Å². The van der Waals surface area contributed by atoms with Crippen molar-refractivity contribution in [1.29, 1.82) is 0 Å². The number of hydrogen-bond acceptors (Lipinski definition) is 5. The highest BCUT2D eigenvalue weighted by Crippen LogP contribution is 2.28. The lowest BCUT2D eigenvalue weighted by molar-refractivity contribution is -0.115. The molecular weight excluding hydrogens is 306 g/mol. The Bertz CT molecular complexity index is 821. The Kier molecular flexibility index (Phi) is 3.56. The van der Waals surface area contributed by atoms with Crippen LogP contribution in [0.1, 0.15) is 16.1 Å². The van der Waals surface area contributed by atoms with Crippen molar-refractivity contribution in [2.45, 2.75) is 0 Å². The van der Waals surface area contributed by atoms with Crippen LogP contribution in [0.2, 0.25) is 0 Å². The smallest absolute Gasteiger partial charge is 0.335 e. The van der Waals surface area contributed by atoms with Gasteiger partial charge in [-0.25, -0.2) is 4.79 Å². The highest BCUT2D eigenvalue weighted by Gasteiger charge is 2.25. The molecule has 2 amide bonds. The minimum atomic E-state index is -1.02. The molecule has 110 valence electrons. The fourth-order valence-corrected chi connectivity index (χ4v) is 2.60. The second kappa shape index (κ2) is 5.53. The molecule has 2 aromatic rings. The van der Waals surface area contributed by atoms with E-state index in [2.05, 4.69) is 5.32 Å². The molecule has 1 saturated heterocycles. The summed E-state index contributed by atoms with van der Waals surface area (Å²) in [5, 5.41) is 10.7. The molecule has 0 atom stereocenters. The van der Waals surface area contributed by atoms with E-state index in [0.717, 1.165) is 11.8 Å². The van der Waals surface area contributed by atoms with E-state index in [1.807, 2.05) is 0 Å². The van der Waals surface area contributed by atoms with Crippen molar-refractivity contribution in [3.63, 3.8) is 0 Å². The summed E-state index contributed by atoms with van der Waals surface area (Å²) >= 11 is 0.804. The molecule has 3 rings (SSSR count). The predicted molar refractivity (Wildman–Crippen MR) is 80.2 cm³/mol. The number of amides is 2. The third-order valence-electron chi connectivity index (χ3n) is 2.94. The SMILES string of the molecule is O=C1NC(=O)/C(=C/c2ccc(-c3cccc(C(=O)O)c3)o2)S1. The van der Waals surface area contributed by atoms with Crippen LogP contribution in [0.15, 0.2) is 45.7 Å². The number of carbonyl (C=O) groups is 3. The van der Waals surface area contributed by atoms with Gasteiger partial charge in [-0.2, -0.15) is 0 Å². The first-order chi connectivity index (χ1) is 10.5. The second-order valence-electron chi connectivity index (χ2n) is 4.44. The molecule has 2 N–H and O–H groups in total. The second-order valence-corrected chi connectivity index (χ2v) is 5.45. The average Bonchev–Trinajstić information content (AvgIpc) is 3.06. The minimum Gasteiger partial charge on any atom is -0.478 e. The maximum Gasteiger partial charge on any atom is 0.335 e. The summed E-state index contributed by atoms with van der Waals surface area (Å²) in [7, 11) is 0. The van der Waals surface area contributed by atoms with E-state index in [4.69, 9.17) is 9.52 Å². The van der Waals surface area contributed by atoms with Gasteiger partial charge in [0.2, 0.25) is 0 Å². The zero-order valence-corrected chi connectivity index (χ0v) is 11.8. The quantitative estimate of drug-likeness (QED) is 0.845. The lowest BCUT2D eigenvalue weighted by atomic mass is 10.1. The van der Waals surface area contributed by atoms with Crippen molar-refractivity contribution in [3.05, 3.63) is 52.6 Å². The van der Waals surface area contributed by atoms with Crippen LogP contribution >= 0.6 is 11.8 Å². The lowest BCUT2D eigenvalue weighted by Crippen LogP contribution is -2.17. The molecule has 7 heteroatoms. The van der Waals surface area contributed by atoms with Crippen molar-refractivity contribution in [1.82, 2.24) is 5.32 Å². The molecule has 1 aromatic carbocycles. The third-order valence-corrected chi connectivity index (χ3v) is 3.75. The Morgan fingerprint density at radius 3 is 2.73 bits per heavy atom. The van der Waals surface area contributed by atoms with Crippen LogP contribution in [0.25, 0.3) is 17.4 Å². The molecule has 22 heavy (non-hydrogen) atoms. The van der Waals surface area contributed by atoms with E-state index in [0.29, 0.717) is 17.1 Å². The molecule has 0 radical (unpaired) electrons. The number of imide groups is 1. The Hall–Kier alpha value is -2.80. The Balaban J connectivity index is 1.90. The number of hydrogen-bond donors (Lipinski definition) is 2. The molecule has 0 saturated carbocycles. The van der Waals surface area contributed by atoms with Gasteiger partial charge in [0, 0.05) is 11.6 Å². The Labute approximate surface area is 128 Å². The van der Waals surface area contributed by atoms with Crippen LogP contribution < -0.4 is 5.32 Å². The summed E-state index contributed by atoms with van der Waals surface area (Å²) in [6.07, 6.45) is 1.47. The number of thioether (sulfide) groups is 1. The average molecular weight is 315 g/mol. The molecule has 1 fully saturated rings. The maximum absolute atomic E-state index is 11.5. The van der Waals surface area contributed by atoms with Crippen LogP contribution in [0.5, 0.6) is 0 Å². The normalized spacial score (nSPS) is 16.1. The number of rotatable bonds is 3. The largest absolute Gasteiger partial charge is 0.478 e. The van der Waals surface area contributed by atoms with E-state index in [1.165, 1.54) is 18.2 Å². The first kappa shape index (κ1) is 14.2. The lowest BCUT2D eigenvalue weighted by Gasteiger charge is -1.99. The number of furan rings is 1. The van der Waals surface area contributed by atoms with Crippen molar-refractivity contribution in [2.75, 3.05) is 0 Å². The van der Waals surface area contributed by atoms with Gasteiger partial charge in [0.15, 0.2) is 0 Å². The van der Waals surface area contributed by atoms with Crippen LogP contribution in [0.4, 0.5) is 4.79 Å². The molecule has 0 bridgehead atoms. The first-order valence-corrected chi connectivity index (χ1v) is 7.03. The van der Waals surface area contributed by atoms with Crippen molar-refractivity contribution in [3.8, 4) is 11.3 Å². The van der Waals surface area contributed by atoms with Gasteiger partial charge in [0.25, 0.3) is 11.1 Å². The zero-order valence-electron chi connectivity index (χ0n) is 11.0. The standard InChI is InChI=1S/C15H9NO5S/c17-13-12(22-15(20)16-13)7-10-4-5-11(21-10)8-2-1-3-9(6-8)14(18)19/h1-7H,(H,18,19)(H,16,17,20)/b12-7-. The molecule has 6 nitrogen and oxygen atoms in total. The summed E-state index contributed by atoms with van der Waals surface area (Å²) in [6.45, 7) is 0. The summed E-state index contributed by atoms with van der Waals surface area (Å²) in [6, 6.07) is 9.65. The Morgan fingerprint density at radius 2 is 2.05 bits per heavy atom. The van der Waals surface area contributed by atoms with Crippen LogP contribution in [0.3, 0.4) is 0 Å². The molecular formula is C15H9NO5S. The van der Waals surface area contributed by atoms with E-state index in [-0.39, 0.29) is 10.5 Å². The van der Waals surface area contributed by atoms with Gasteiger partial charge in [-0.05, 0) is 36.0 Å². The number of nitrogens with one attached hydrogen (secondary N) is 1. The van der Waals surface area contributed by atoms with Gasteiger partial charge in [-0.1, -0.05) is 12.1 Å². The Morgan fingerprint density at radius 1 is 1.23 bits per heavy atom. The molecule has 0 spiro atoms. The van der Waals surface area contributed by atoms with E-state index < -0.39 is 17.1 Å². The number of carbonyl (C=O) groups excluding carboxylic acids is 2. The molecule has 1 aliphatic rings. The van der Waals surface area contributed by atoms with Crippen LogP contribution in [-0.2, 0) is 4.79 Å². The van der Waals surface area contributed by atoms with Crippen molar-refractivity contribution in [2.24, 2.45) is 0 Å². The number of benzene rings is 1. The van der Waals surface area contributed by atoms with Gasteiger partial charge in [0.05, 0.1) is 10.5 Å². The highest BCUT2D eigenvalue weighted by atomic mass is 32.2. The highest BCUT2D eigenvalue weighted by molar-refractivity contribution is 8.18. The van der Waals surface area contributed by atoms with E-state index in [1.54, 1.807) is 24.3 Å². The first-order valence-electron chi connectivity index (χ1n) is 6.21. The summed E-state index contributed by atoms with van der Waals surface area (Å²) in [4.78, 5) is 33.8. The zero-order chi connectivity index (χ0) is 15.7. The van der Waals surface area contributed by atoms with Crippen LogP contribution in [0, 0.1) is 0 Å². The summed E-state index contributed by atoms with van der Waals surface area (Å²) in [5.74, 6) is -0.595. The molecule has 1 aromatic heterocycles. The van der Waals surface area contributed by atoms with Crippen molar-refractivity contribution < 1.29 is 23.9 Å². The van der Waals surface area contributed by atoms with E-state index >= 15 is 0 Å². The van der Waals surface area contributed by atoms with Crippen LogP contribution in [-0.4, -0.2) is 22.2 Å². The monoisotopic (exact) mass is 315 g/mol.